The average molecular weight is 613 g/mol. The lowest BCUT2D eigenvalue weighted by atomic mass is 9.33. The smallest absolute Gasteiger partial charge is 0.312 e. The summed E-state index contributed by atoms with van der Waals surface area (Å²) in [5.41, 5.74) is 0.790. The Labute approximate surface area is 263 Å². The number of ether oxygens (including phenoxy) is 1. The lowest BCUT2D eigenvalue weighted by molar-refractivity contribution is -0.278. The molecule has 0 bridgehead atoms. The molecule has 5 aliphatic rings. The van der Waals surface area contributed by atoms with Crippen molar-refractivity contribution in [2.24, 2.45) is 50.2 Å². The van der Waals surface area contributed by atoms with Crippen molar-refractivity contribution in [2.75, 3.05) is 0 Å². The van der Waals surface area contributed by atoms with Crippen LogP contribution in [-0.4, -0.2) is 39.6 Å². The summed E-state index contributed by atoms with van der Waals surface area (Å²) in [7, 11) is 0. The van der Waals surface area contributed by atoms with E-state index in [1.54, 1.807) is 0 Å². The van der Waals surface area contributed by atoms with E-state index in [9.17, 15) is 20.1 Å². The second-order valence-corrected chi connectivity index (χ2v) is 17.4. The van der Waals surface area contributed by atoms with E-state index in [-0.39, 0.29) is 40.7 Å². The molecule has 4 fully saturated rings. The number of aliphatic hydroxyl groups excluding tert-OH is 3. The minimum Gasteiger partial charge on any atom is -0.460 e. The van der Waals surface area contributed by atoms with Gasteiger partial charge in [-0.3, -0.25) is 4.79 Å². The zero-order valence-electron chi connectivity index (χ0n) is 27.3. The van der Waals surface area contributed by atoms with Crippen molar-refractivity contribution in [3.8, 4) is 0 Å². The maximum Gasteiger partial charge on any atom is 0.312 e. The van der Waals surface area contributed by atoms with E-state index in [4.69, 9.17) is 16.3 Å². The molecule has 0 radical (unpaired) electrons. The Morgan fingerprint density at radius 3 is 2.28 bits per heavy atom. The first kappa shape index (κ1) is 31.6. The molecule has 0 unspecified atom stereocenters. The van der Waals surface area contributed by atoms with Crippen molar-refractivity contribution in [3.63, 3.8) is 0 Å². The fourth-order valence-corrected chi connectivity index (χ4v) is 11.7. The molecule has 1 aromatic rings. The van der Waals surface area contributed by atoms with Gasteiger partial charge < -0.3 is 20.1 Å². The Balaban J connectivity index is 1.32. The van der Waals surface area contributed by atoms with Crippen molar-refractivity contribution < 1.29 is 24.9 Å². The molecule has 0 saturated heterocycles. The Bertz CT molecular complexity index is 1320. The fourth-order valence-electron chi connectivity index (χ4n) is 11.5. The topological polar surface area (TPSA) is 87.0 Å². The maximum absolute atomic E-state index is 13.7. The van der Waals surface area contributed by atoms with Gasteiger partial charge in [0, 0.05) is 16.0 Å². The number of carbonyl (C=O) groups excluding carboxylic acids is 1. The molecule has 238 valence electrons. The molecule has 0 spiro atoms. The van der Waals surface area contributed by atoms with E-state index in [0.29, 0.717) is 10.9 Å². The largest absolute Gasteiger partial charge is 0.460 e. The summed E-state index contributed by atoms with van der Waals surface area (Å²) in [6.07, 6.45) is 7.06. The third kappa shape index (κ3) is 4.23. The number of hydrogen-bond donors (Lipinski definition) is 3. The molecule has 6 rings (SSSR count). The van der Waals surface area contributed by atoms with E-state index in [0.717, 1.165) is 56.9 Å². The number of allylic oxidation sites excluding steroid dienone is 2. The molecule has 0 amide bonds. The minimum atomic E-state index is -1.15. The van der Waals surface area contributed by atoms with Crippen LogP contribution in [0.15, 0.2) is 35.9 Å². The predicted molar refractivity (Wildman–Crippen MR) is 169 cm³/mol. The van der Waals surface area contributed by atoms with Crippen LogP contribution >= 0.6 is 11.6 Å². The van der Waals surface area contributed by atoms with E-state index in [2.05, 4.69) is 54.5 Å². The van der Waals surface area contributed by atoms with E-state index in [1.165, 1.54) is 5.57 Å². The van der Waals surface area contributed by atoms with Gasteiger partial charge in [0.2, 0.25) is 0 Å². The van der Waals surface area contributed by atoms with Crippen LogP contribution in [0.1, 0.15) is 105 Å². The van der Waals surface area contributed by atoms with Crippen LogP contribution in [0.5, 0.6) is 0 Å². The van der Waals surface area contributed by atoms with Crippen LogP contribution in [-0.2, 0) is 16.1 Å². The molecule has 5 aliphatic carbocycles. The first-order chi connectivity index (χ1) is 20.0. The average Bonchev–Trinajstić information content (AvgIpc) is 2.96. The minimum absolute atomic E-state index is 0.0683. The molecule has 3 N–H and O–H groups in total. The summed E-state index contributed by atoms with van der Waals surface area (Å²) in [6, 6.07) is 7.54. The van der Waals surface area contributed by atoms with E-state index in [1.807, 2.05) is 24.3 Å². The highest BCUT2D eigenvalue weighted by molar-refractivity contribution is 6.31. The maximum atomic E-state index is 13.7. The van der Waals surface area contributed by atoms with Gasteiger partial charge in [-0.1, -0.05) is 83.0 Å². The molecule has 0 aliphatic heterocycles. The molecule has 0 aromatic heterocycles. The molecule has 4 saturated carbocycles. The molecule has 5 nitrogen and oxygen atoms in total. The normalized spacial score (nSPS) is 48.6. The van der Waals surface area contributed by atoms with E-state index < -0.39 is 34.6 Å². The van der Waals surface area contributed by atoms with Gasteiger partial charge >= 0.3 is 5.97 Å². The number of carbonyl (C=O) groups is 1. The van der Waals surface area contributed by atoms with Gasteiger partial charge in [0.25, 0.3) is 0 Å². The van der Waals surface area contributed by atoms with Crippen molar-refractivity contribution in [1.29, 1.82) is 0 Å². The van der Waals surface area contributed by atoms with Gasteiger partial charge in [-0.2, -0.15) is 0 Å². The third-order valence-electron chi connectivity index (χ3n) is 14.8. The lowest BCUT2D eigenvalue weighted by Gasteiger charge is -2.72. The van der Waals surface area contributed by atoms with Crippen molar-refractivity contribution >= 4 is 17.6 Å². The van der Waals surface area contributed by atoms with Crippen molar-refractivity contribution in [1.82, 2.24) is 0 Å². The Morgan fingerprint density at radius 1 is 0.907 bits per heavy atom. The van der Waals surface area contributed by atoms with Gasteiger partial charge in [-0.25, -0.2) is 0 Å². The zero-order chi connectivity index (χ0) is 31.4. The van der Waals surface area contributed by atoms with Gasteiger partial charge in [0.1, 0.15) is 12.7 Å². The monoisotopic (exact) mass is 612 g/mol. The number of rotatable bonds is 3. The number of benzene rings is 1. The second-order valence-electron chi connectivity index (χ2n) is 17.0. The first-order valence-electron chi connectivity index (χ1n) is 16.6. The summed E-state index contributed by atoms with van der Waals surface area (Å²) in [5.74, 6) is 0.463. The molecule has 0 heterocycles. The first-order valence-corrected chi connectivity index (χ1v) is 17.0. The van der Waals surface area contributed by atoms with Crippen LogP contribution in [0, 0.1) is 50.2 Å². The molecule has 1 aromatic carbocycles. The van der Waals surface area contributed by atoms with Crippen LogP contribution in [0.2, 0.25) is 5.02 Å². The summed E-state index contributed by atoms with van der Waals surface area (Å²) in [6.45, 7) is 16.0. The molecule has 11 atom stereocenters. The standard InChI is InChI=1S/C37H53ClO5/c1-32(2)26-14-15-36(6)27(37(26,7)30(41)28(39)29(32)40)13-12-23-24-20-34(4,17-16-33(24,3)18-19-35(23,36)5)31(42)43-21-22-10-8-9-11-25(22)38/h8-12,24,26-30,39-41H,13-21H2,1-7H3/t24-,26-,27-,28+,29-,30-,33+,34-,35+,36+,37-/m0/s1. The lowest BCUT2D eigenvalue weighted by Crippen LogP contribution is -2.71. The van der Waals surface area contributed by atoms with Crippen molar-refractivity contribution in [3.05, 3.63) is 46.5 Å². The van der Waals surface area contributed by atoms with Crippen LogP contribution in [0.25, 0.3) is 0 Å². The number of halogens is 1. The van der Waals surface area contributed by atoms with Crippen LogP contribution in [0.4, 0.5) is 0 Å². The third-order valence-corrected chi connectivity index (χ3v) is 15.1. The van der Waals surface area contributed by atoms with Gasteiger partial charge in [0.05, 0.1) is 17.6 Å². The van der Waals surface area contributed by atoms with Crippen molar-refractivity contribution in [2.45, 2.75) is 125 Å². The van der Waals surface area contributed by atoms with Gasteiger partial charge in [-0.15, -0.1) is 0 Å². The quantitative estimate of drug-likeness (QED) is 0.243. The number of esters is 1. The van der Waals surface area contributed by atoms with Crippen LogP contribution in [0.3, 0.4) is 0 Å². The van der Waals surface area contributed by atoms with Gasteiger partial charge in [0.15, 0.2) is 0 Å². The number of hydrogen-bond acceptors (Lipinski definition) is 5. The SMILES string of the molecule is CC1(C)[C@@H](O)[C@@H](O)[C@H](O)[C@]2(C)[C@H]3CC=C4[C@@H]5C[C@@](C)(C(=O)OCc6ccccc6Cl)CC[C@]5(C)CC[C@@]4(C)[C@]3(C)CC[C@@H]12. The molecular formula is C37H53ClO5. The summed E-state index contributed by atoms with van der Waals surface area (Å²) in [4.78, 5) is 13.7. The molecule has 43 heavy (non-hydrogen) atoms. The Kier molecular flexibility index (Phi) is 7.38. The molecular weight excluding hydrogens is 560 g/mol. The Morgan fingerprint density at radius 2 is 1.58 bits per heavy atom. The summed E-state index contributed by atoms with van der Waals surface area (Å²) >= 11 is 6.35. The highest BCUT2D eigenvalue weighted by atomic mass is 35.5. The summed E-state index contributed by atoms with van der Waals surface area (Å²) < 4.78 is 5.94. The number of fused-ring (bicyclic) bond motifs is 7. The number of aliphatic hydroxyl groups is 3. The van der Waals surface area contributed by atoms with Crippen LogP contribution < -0.4 is 0 Å². The van der Waals surface area contributed by atoms with E-state index >= 15 is 0 Å². The predicted octanol–water partition coefficient (Wildman–Crippen LogP) is 7.49. The highest BCUT2D eigenvalue weighted by Crippen LogP contribution is 2.75. The fraction of sp³-hybridized carbons (Fsp3) is 0.757. The molecule has 6 heteroatoms. The Hall–Kier alpha value is -1.40. The van der Waals surface area contributed by atoms with Gasteiger partial charge in [-0.05, 0) is 104 Å². The zero-order valence-corrected chi connectivity index (χ0v) is 28.0. The summed E-state index contributed by atoms with van der Waals surface area (Å²) in [5, 5.41) is 34.5. The highest BCUT2D eigenvalue weighted by Gasteiger charge is 2.71. The second kappa shape index (κ2) is 10.0.